The summed E-state index contributed by atoms with van der Waals surface area (Å²) in [5.74, 6) is -0.829. The molecule has 0 aliphatic carbocycles. The highest BCUT2D eigenvalue weighted by Gasteiger charge is 2.35. The van der Waals surface area contributed by atoms with Gasteiger partial charge in [0.25, 0.3) is 0 Å². The first-order valence-electron chi connectivity index (χ1n) is 11.1. The van der Waals surface area contributed by atoms with Gasteiger partial charge in [0.15, 0.2) is 0 Å². The van der Waals surface area contributed by atoms with Gasteiger partial charge in [-0.2, -0.15) is 0 Å². The second-order valence-electron chi connectivity index (χ2n) is 8.39. The van der Waals surface area contributed by atoms with E-state index in [0.717, 1.165) is 16.8 Å². The first-order valence-corrected chi connectivity index (χ1v) is 12.6. The van der Waals surface area contributed by atoms with Crippen LogP contribution in [-0.4, -0.2) is 33.3 Å². The van der Waals surface area contributed by atoms with Crippen molar-refractivity contribution in [3.8, 4) is 0 Å². The molecule has 0 aromatic heterocycles. The Morgan fingerprint density at radius 3 is 2.44 bits per heavy atom. The predicted molar refractivity (Wildman–Crippen MR) is 132 cm³/mol. The Labute approximate surface area is 199 Å². The number of hydrogen-bond acceptors (Lipinski definition) is 4. The monoisotopic (exact) mass is 477 g/mol. The zero-order valence-electron chi connectivity index (χ0n) is 18.9. The molecule has 1 aliphatic rings. The number of nitrogens with zero attached hydrogens (tertiary/aromatic N) is 1. The molecule has 34 heavy (non-hydrogen) atoms. The van der Waals surface area contributed by atoms with E-state index in [2.05, 4.69) is 10.0 Å². The number of nitrogens with one attached hydrogen (secondary N) is 2. The standard InChI is InChI=1S/C26H27N3O4S/c1-19-6-5-9-23(16-19)29-18-21(17-25(29)30)26(31)28-22-10-12-24(13-11-22)34(32,33)27-15-14-20-7-3-2-4-8-20/h2-13,16,21,27H,14-15,17-18H2,1H3,(H,28,31). The van der Waals surface area contributed by atoms with E-state index in [9.17, 15) is 18.0 Å². The minimum atomic E-state index is -3.65. The maximum atomic E-state index is 12.7. The minimum absolute atomic E-state index is 0.0891. The molecular formula is C26H27N3O4S. The van der Waals surface area contributed by atoms with Gasteiger partial charge in [0.05, 0.1) is 10.8 Å². The van der Waals surface area contributed by atoms with Crippen molar-refractivity contribution in [2.24, 2.45) is 5.92 Å². The highest BCUT2D eigenvalue weighted by Crippen LogP contribution is 2.27. The Kier molecular flexibility index (Phi) is 7.09. The van der Waals surface area contributed by atoms with E-state index in [1.165, 1.54) is 12.1 Å². The SMILES string of the molecule is Cc1cccc(N2CC(C(=O)Nc3ccc(S(=O)(=O)NCCc4ccccc4)cc3)CC2=O)c1. The van der Waals surface area contributed by atoms with E-state index in [4.69, 9.17) is 0 Å². The summed E-state index contributed by atoms with van der Waals surface area (Å²) in [6.45, 7) is 2.56. The van der Waals surface area contributed by atoms with Crippen LogP contribution in [0.3, 0.4) is 0 Å². The number of sulfonamides is 1. The van der Waals surface area contributed by atoms with Gasteiger partial charge in [-0.15, -0.1) is 0 Å². The number of carbonyl (C=O) groups is 2. The van der Waals surface area contributed by atoms with Gasteiger partial charge in [-0.1, -0.05) is 42.5 Å². The lowest BCUT2D eigenvalue weighted by Crippen LogP contribution is -2.28. The zero-order chi connectivity index (χ0) is 24.1. The van der Waals surface area contributed by atoms with Gasteiger partial charge in [-0.3, -0.25) is 9.59 Å². The van der Waals surface area contributed by atoms with Crippen molar-refractivity contribution in [2.75, 3.05) is 23.3 Å². The van der Waals surface area contributed by atoms with Crippen LogP contribution in [0.15, 0.2) is 83.8 Å². The fourth-order valence-electron chi connectivity index (χ4n) is 3.95. The van der Waals surface area contributed by atoms with Crippen LogP contribution in [0.1, 0.15) is 17.5 Å². The fraction of sp³-hybridized carbons (Fsp3) is 0.231. The van der Waals surface area contributed by atoms with Gasteiger partial charge in [-0.25, -0.2) is 13.1 Å². The lowest BCUT2D eigenvalue weighted by molar-refractivity contribution is -0.122. The summed E-state index contributed by atoms with van der Waals surface area (Å²) in [5.41, 5.74) is 3.36. The first kappa shape index (κ1) is 23.7. The van der Waals surface area contributed by atoms with E-state index in [0.29, 0.717) is 18.7 Å². The Balaban J connectivity index is 1.33. The molecule has 8 heteroatoms. The summed E-state index contributed by atoms with van der Waals surface area (Å²) in [5, 5.41) is 2.80. The summed E-state index contributed by atoms with van der Waals surface area (Å²) < 4.78 is 27.7. The third-order valence-electron chi connectivity index (χ3n) is 5.79. The number of amides is 2. The van der Waals surface area contributed by atoms with Gasteiger partial charge < -0.3 is 10.2 Å². The summed E-state index contributed by atoms with van der Waals surface area (Å²) in [4.78, 5) is 27.0. The molecule has 1 fully saturated rings. The smallest absolute Gasteiger partial charge is 0.240 e. The molecular weight excluding hydrogens is 450 g/mol. The highest BCUT2D eigenvalue weighted by atomic mass is 32.2. The largest absolute Gasteiger partial charge is 0.326 e. The highest BCUT2D eigenvalue weighted by molar-refractivity contribution is 7.89. The lowest BCUT2D eigenvalue weighted by Gasteiger charge is -2.17. The van der Waals surface area contributed by atoms with Crippen molar-refractivity contribution in [3.05, 3.63) is 90.0 Å². The van der Waals surface area contributed by atoms with Crippen LogP contribution in [0.4, 0.5) is 11.4 Å². The molecule has 1 aliphatic heterocycles. The number of anilines is 2. The average molecular weight is 478 g/mol. The molecule has 0 spiro atoms. The van der Waals surface area contributed by atoms with Crippen LogP contribution in [0.25, 0.3) is 0 Å². The lowest BCUT2D eigenvalue weighted by atomic mass is 10.1. The van der Waals surface area contributed by atoms with Crippen molar-refractivity contribution in [1.82, 2.24) is 4.72 Å². The van der Waals surface area contributed by atoms with E-state index in [1.807, 2.05) is 61.5 Å². The number of benzene rings is 3. The van der Waals surface area contributed by atoms with Crippen LogP contribution < -0.4 is 14.9 Å². The van der Waals surface area contributed by atoms with Crippen molar-refractivity contribution in [2.45, 2.75) is 24.7 Å². The molecule has 1 unspecified atom stereocenters. The van der Waals surface area contributed by atoms with Gasteiger partial charge >= 0.3 is 0 Å². The molecule has 7 nitrogen and oxygen atoms in total. The molecule has 0 radical (unpaired) electrons. The van der Waals surface area contributed by atoms with E-state index >= 15 is 0 Å². The van der Waals surface area contributed by atoms with Gasteiger partial charge in [0, 0.05) is 30.9 Å². The molecule has 4 rings (SSSR count). The Bertz CT molecular complexity index is 1270. The summed E-state index contributed by atoms with van der Waals surface area (Å²) in [6, 6.07) is 23.3. The van der Waals surface area contributed by atoms with Crippen LogP contribution in [0, 0.1) is 12.8 Å². The van der Waals surface area contributed by atoms with Crippen LogP contribution in [0.5, 0.6) is 0 Å². The maximum absolute atomic E-state index is 12.7. The van der Waals surface area contributed by atoms with Crippen LogP contribution in [-0.2, 0) is 26.0 Å². The number of hydrogen-bond donors (Lipinski definition) is 2. The van der Waals surface area contributed by atoms with Gasteiger partial charge in [0.1, 0.15) is 0 Å². The molecule has 3 aromatic carbocycles. The quantitative estimate of drug-likeness (QED) is 0.519. The van der Waals surface area contributed by atoms with Crippen molar-refractivity contribution in [3.63, 3.8) is 0 Å². The molecule has 0 saturated carbocycles. The van der Waals surface area contributed by atoms with Gasteiger partial charge in [0.2, 0.25) is 21.8 Å². The third-order valence-corrected chi connectivity index (χ3v) is 7.27. The number of aryl methyl sites for hydroxylation is 1. The molecule has 176 valence electrons. The molecule has 2 amide bonds. The molecule has 3 aromatic rings. The van der Waals surface area contributed by atoms with E-state index in [1.54, 1.807) is 17.0 Å². The summed E-state index contributed by atoms with van der Waals surface area (Å²) >= 11 is 0. The zero-order valence-corrected chi connectivity index (χ0v) is 19.7. The minimum Gasteiger partial charge on any atom is -0.326 e. The number of rotatable bonds is 8. The third kappa shape index (κ3) is 5.70. The summed E-state index contributed by atoms with van der Waals surface area (Å²) in [6.07, 6.45) is 0.728. The Hall–Kier alpha value is -3.49. The normalized spacial score (nSPS) is 16.0. The predicted octanol–water partition coefficient (Wildman–Crippen LogP) is 3.51. The van der Waals surface area contributed by atoms with Crippen LogP contribution in [0.2, 0.25) is 0 Å². The second-order valence-corrected chi connectivity index (χ2v) is 10.2. The van der Waals surface area contributed by atoms with Crippen molar-refractivity contribution >= 4 is 33.2 Å². The van der Waals surface area contributed by atoms with E-state index < -0.39 is 15.9 Å². The first-order chi connectivity index (χ1) is 16.3. The summed E-state index contributed by atoms with van der Waals surface area (Å²) in [7, 11) is -3.65. The topological polar surface area (TPSA) is 95.6 Å². The number of carbonyl (C=O) groups excluding carboxylic acids is 2. The van der Waals surface area contributed by atoms with E-state index in [-0.39, 0.29) is 29.7 Å². The van der Waals surface area contributed by atoms with Crippen LogP contribution >= 0.6 is 0 Å². The average Bonchev–Trinajstić information content (AvgIpc) is 3.22. The second kappa shape index (κ2) is 10.2. The molecule has 2 N–H and O–H groups in total. The Morgan fingerprint density at radius 1 is 1.00 bits per heavy atom. The van der Waals surface area contributed by atoms with Gasteiger partial charge in [-0.05, 0) is 60.9 Å². The van der Waals surface area contributed by atoms with Crippen molar-refractivity contribution < 1.29 is 18.0 Å². The molecule has 1 heterocycles. The fourth-order valence-corrected chi connectivity index (χ4v) is 4.98. The maximum Gasteiger partial charge on any atom is 0.240 e. The van der Waals surface area contributed by atoms with Crippen molar-refractivity contribution in [1.29, 1.82) is 0 Å². The molecule has 1 atom stereocenters. The molecule has 1 saturated heterocycles. The Morgan fingerprint density at radius 2 is 1.74 bits per heavy atom. The molecule has 0 bridgehead atoms.